The lowest BCUT2D eigenvalue weighted by molar-refractivity contribution is 0.115. The van der Waals surface area contributed by atoms with Crippen LogP contribution < -0.4 is 10.1 Å². The van der Waals surface area contributed by atoms with Crippen LogP contribution in [0.3, 0.4) is 0 Å². The number of aliphatic hydroxyl groups excluding tert-OH is 1. The normalized spacial score (nSPS) is 19.9. The summed E-state index contributed by atoms with van der Waals surface area (Å²) in [5, 5.41) is 13.2. The Bertz CT molecular complexity index is 386. The molecule has 0 spiro atoms. The summed E-state index contributed by atoms with van der Waals surface area (Å²) >= 11 is 0. The highest BCUT2D eigenvalue weighted by Crippen LogP contribution is 2.27. The Morgan fingerprint density at radius 3 is 2.79 bits per heavy atom. The molecule has 3 nitrogen and oxygen atoms in total. The smallest absolute Gasteiger partial charge is 0.123 e. The fourth-order valence-electron chi connectivity index (χ4n) is 2.56. The predicted octanol–water partition coefficient (Wildman–Crippen LogP) is 2.38. The summed E-state index contributed by atoms with van der Waals surface area (Å²) in [7, 11) is 0. The van der Waals surface area contributed by atoms with Crippen LogP contribution in [0.5, 0.6) is 5.75 Å². The Kier molecular flexibility index (Phi) is 4.48. The number of nitrogens with one attached hydrogen (secondary N) is 1. The average molecular weight is 263 g/mol. The summed E-state index contributed by atoms with van der Waals surface area (Å²) in [4.78, 5) is 0. The van der Waals surface area contributed by atoms with Gasteiger partial charge in [0.25, 0.3) is 0 Å². The van der Waals surface area contributed by atoms with Crippen molar-refractivity contribution in [3.8, 4) is 5.75 Å². The second-order valence-corrected chi connectivity index (χ2v) is 6.63. The van der Waals surface area contributed by atoms with Crippen LogP contribution >= 0.6 is 0 Å². The number of hydrogen-bond donors (Lipinski definition) is 2. The van der Waals surface area contributed by atoms with Crippen LogP contribution in [-0.2, 0) is 6.42 Å². The lowest BCUT2D eigenvalue weighted by atomic mass is 9.89. The Morgan fingerprint density at radius 1 is 1.37 bits per heavy atom. The maximum Gasteiger partial charge on any atom is 0.123 e. The van der Waals surface area contributed by atoms with Gasteiger partial charge in [-0.05, 0) is 23.5 Å². The minimum Gasteiger partial charge on any atom is -0.488 e. The monoisotopic (exact) mass is 263 g/mol. The molecule has 1 aliphatic rings. The number of ether oxygens (including phenoxy) is 1. The molecule has 1 aromatic carbocycles. The zero-order valence-electron chi connectivity index (χ0n) is 12.1. The topological polar surface area (TPSA) is 41.5 Å². The zero-order valence-corrected chi connectivity index (χ0v) is 12.1. The van der Waals surface area contributed by atoms with Crippen molar-refractivity contribution in [3.05, 3.63) is 29.8 Å². The largest absolute Gasteiger partial charge is 0.488 e. The van der Waals surface area contributed by atoms with Crippen LogP contribution in [0.4, 0.5) is 0 Å². The van der Waals surface area contributed by atoms with E-state index < -0.39 is 0 Å². The van der Waals surface area contributed by atoms with Crippen molar-refractivity contribution in [3.63, 3.8) is 0 Å². The molecule has 1 heterocycles. The Morgan fingerprint density at radius 2 is 2.11 bits per heavy atom. The highest BCUT2D eigenvalue weighted by Gasteiger charge is 2.22. The van der Waals surface area contributed by atoms with Gasteiger partial charge in [-0.1, -0.05) is 39.0 Å². The summed E-state index contributed by atoms with van der Waals surface area (Å²) < 4.78 is 5.85. The van der Waals surface area contributed by atoms with Gasteiger partial charge in [-0.25, -0.2) is 0 Å². The van der Waals surface area contributed by atoms with Gasteiger partial charge in [-0.2, -0.15) is 0 Å². The van der Waals surface area contributed by atoms with E-state index in [9.17, 15) is 5.11 Å². The van der Waals surface area contributed by atoms with Crippen LogP contribution in [0, 0.1) is 5.41 Å². The molecule has 0 radical (unpaired) electrons. The lowest BCUT2D eigenvalue weighted by Crippen LogP contribution is -2.36. The SMILES string of the molecule is CC(C)(C)CC(O)CNCC1Cc2ccccc2O1. The number of aliphatic hydroxyl groups is 1. The standard InChI is InChI=1S/C16H25NO2/c1-16(2,3)9-13(18)10-17-11-14-8-12-6-4-5-7-15(12)19-14/h4-7,13-14,17-18H,8-11H2,1-3H3. The molecule has 0 saturated carbocycles. The van der Waals surface area contributed by atoms with E-state index in [2.05, 4.69) is 32.2 Å². The van der Waals surface area contributed by atoms with Crippen molar-refractivity contribution in [2.75, 3.05) is 13.1 Å². The zero-order chi connectivity index (χ0) is 13.9. The maximum atomic E-state index is 9.93. The lowest BCUT2D eigenvalue weighted by Gasteiger charge is -2.23. The molecule has 2 N–H and O–H groups in total. The first-order valence-electron chi connectivity index (χ1n) is 7.07. The molecule has 0 bridgehead atoms. The number of fused-ring (bicyclic) bond motifs is 1. The third-order valence-electron chi connectivity index (χ3n) is 3.31. The highest BCUT2D eigenvalue weighted by molar-refractivity contribution is 5.37. The third kappa shape index (κ3) is 4.51. The first-order valence-corrected chi connectivity index (χ1v) is 7.07. The molecule has 2 rings (SSSR count). The summed E-state index contributed by atoms with van der Waals surface area (Å²) in [6.45, 7) is 7.86. The maximum absolute atomic E-state index is 9.93. The summed E-state index contributed by atoms with van der Waals surface area (Å²) in [6.07, 6.45) is 1.67. The van der Waals surface area contributed by atoms with Gasteiger partial charge in [0.2, 0.25) is 0 Å². The van der Waals surface area contributed by atoms with Gasteiger partial charge in [-0.3, -0.25) is 0 Å². The predicted molar refractivity (Wildman–Crippen MR) is 77.5 cm³/mol. The molecule has 0 amide bonds. The average Bonchev–Trinajstić information content (AvgIpc) is 2.68. The van der Waals surface area contributed by atoms with Crippen molar-refractivity contribution in [2.45, 2.75) is 45.8 Å². The van der Waals surface area contributed by atoms with E-state index in [1.165, 1.54) is 5.56 Å². The number of rotatable bonds is 5. The van der Waals surface area contributed by atoms with E-state index in [0.29, 0.717) is 6.54 Å². The van der Waals surface area contributed by atoms with Crippen LogP contribution in [-0.4, -0.2) is 30.4 Å². The van der Waals surface area contributed by atoms with Crippen molar-refractivity contribution < 1.29 is 9.84 Å². The minimum atomic E-state index is -0.288. The number of hydrogen-bond acceptors (Lipinski definition) is 3. The molecule has 2 atom stereocenters. The quantitative estimate of drug-likeness (QED) is 0.857. The van der Waals surface area contributed by atoms with Gasteiger partial charge in [-0.15, -0.1) is 0 Å². The molecule has 19 heavy (non-hydrogen) atoms. The summed E-state index contributed by atoms with van der Waals surface area (Å²) in [5.41, 5.74) is 1.45. The van der Waals surface area contributed by atoms with Crippen molar-refractivity contribution in [1.82, 2.24) is 5.32 Å². The van der Waals surface area contributed by atoms with E-state index in [1.807, 2.05) is 18.2 Å². The molecule has 3 heteroatoms. The van der Waals surface area contributed by atoms with E-state index in [-0.39, 0.29) is 17.6 Å². The second-order valence-electron chi connectivity index (χ2n) is 6.63. The third-order valence-corrected chi connectivity index (χ3v) is 3.31. The molecule has 2 unspecified atom stereocenters. The molecule has 0 aromatic heterocycles. The van der Waals surface area contributed by atoms with Gasteiger partial charge < -0.3 is 15.2 Å². The molecule has 1 aliphatic heterocycles. The molecular formula is C16H25NO2. The van der Waals surface area contributed by atoms with Gasteiger partial charge in [0.1, 0.15) is 11.9 Å². The molecule has 106 valence electrons. The van der Waals surface area contributed by atoms with Crippen LogP contribution in [0.25, 0.3) is 0 Å². The van der Waals surface area contributed by atoms with Gasteiger partial charge in [0.15, 0.2) is 0 Å². The molecule has 0 aliphatic carbocycles. The first kappa shape index (κ1) is 14.4. The van der Waals surface area contributed by atoms with E-state index >= 15 is 0 Å². The van der Waals surface area contributed by atoms with E-state index in [4.69, 9.17) is 4.74 Å². The van der Waals surface area contributed by atoms with Gasteiger partial charge in [0.05, 0.1) is 6.10 Å². The Hall–Kier alpha value is -1.06. The van der Waals surface area contributed by atoms with E-state index in [0.717, 1.165) is 25.1 Å². The molecule has 0 fully saturated rings. The van der Waals surface area contributed by atoms with Crippen molar-refractivity contribution >= 4 is 0 Å². The van der Waals surface area contributed by atoms with Crippen LogP contribution in [0.2, 0.25) is 0 Å². The second kappa shape index (κ2) is 5.93. The first-order chi connectivity index (χ1) is 8.94. The fourth-order valence-corrected chi connectivity index (χ4v) is 2.56. The van der Waals surface area contributed by atoms with Crippen molar-refractivity contribution in [2.24, 2.45) is 5.41 Å². The van der Waals surface area contributed by atoms with Crippen molar-refractivity contribution in [1.29, 1.82) is 0 Å². The Balaban J connectivity index is 1.68. The minimum absolute atomic E-state index is 0.168. The van der Waals surface area contributed by atoms with E-state index in [1.54, 1.807) is 0 Å². The van der Waals surface area contributed by atoms with Gasteiger partial charge in [0, 0.05) is 19.5 Å². The highest BCUT2D eigenvalue weighted by atomic mass is 16.5. The molecular weight excluding hydrogens is 238 g/mol. The number of para-hydroxylation sites is 1. The Labute approximate surface area is 116 Å². The molecule has 1 aromatic rings. The van der Waals surface area contributed by atoms with Crippen LogP contribution in [0.1, 0.15) is 32.8 Å². The fraction of sp³-hybridized carbons (Fsp3) is 0.625. The van der Waals surface area contributed by atoms with Gasteiger partial charge >= 0.3 is 0 Å². The number of benzene rings is 1. The molecule has 0 saturated heterocycles. The van der Waals surface area contributed by atoms with Crippen LogP contribution in [0.15, 0.2) is 24.3 Å². The summed E-state index contributed by atoms with van der Waals surface area (Å²) in [5.74, 6) is 1.00. The summed E-state index contributed by atoms with van der Waals surface area (Å²) in [6, 6.07) is 8.18.